The van der Waals surface area contributed by atoms with Crippen molar-refractivity contribution in [2.24, 2.45) is 0 Å². The maximum Gasteiger partial charge on any atom is 0.218 e. The van der Waals surface area contributed by atoms with Crippen LogP contribution in [-0.2, 0) is 13.1 Å². The summed E-state index contributed by atoms with van der Waals surface area (Å²) in [5, 5.41) is 1.19. The molecule has 0 amide bonds. The summed E-state index contributed by atoms with van der Waals surface area (Å²) in [6, 6.07) is 17.3. The molecular weight excluding hydrogens is 308 g/mol. The van der Waals surface area contributed by atoms with Gasteiger partial charge in [0.1, 0.15) is 6.10 Å². The zero-order valence-corrected chi connectivity index (χ0v) is 15.1. The topological polar surface area (TPSA) is 25.4 Å². The maximum absolute atomic E-state index is 6.15. The standard InChI is InChI=1S/C22H24N2O/c1-15-9-19-11-20-14-24(13-18-7-5-4-6-8-18)12-17(3)25-22(20)23-21(19)10-16(15)2/h4-11,17H,12-14H2,1-3H3/t17-/m1/s1. The Bertz CT molecular complexity index is 905. The smallest absolute Gasteiger partial charge is 0.218 e. The average molecular weight is 332 g/mol. The lowest BCUT2D eigenvalue weighted by Gasteiger charge is -2.21. The van der Waals surface area contributed by atoms with Crippen LogP contribution < -0.4 is 4.74 Å². The third-order valence-corrected chi connectivity index (χ3v) is 4.94. The van der Waals surface area contributed by atoms with Crippen LogP contribution in [0.5, 0.6) is 5.88 Å². The lowest BCUT2D eigenvalue weighted by atomic mass is 10.0. The van der Waals surface area contributed by atoms with E-state index in [0.717, 1.165) is 31.0 Å². The number of rotatable bonds is 2. The molecule has 1 aromatic heterocycles. The van der Waals surface area contributed by atoms with Crippen molar-refractivity contribution in [2.45, 2.75) is 40.0 Å². The molecule has 4 rings (SSSR count). The first-order valence-corrected chi connectivity index (χ1v) is 8.92. The van der Waals surface area contributed by atoms with Crippen LogP contribution in [0.4, 0.5) is 0 Å². The Hall–Kier alpha value is -2.39. The molecule has 128 valence electrons. The Balaban J connectivity index is 1.70. The van der Waals surface area contributed by atoms with Gasteiger partial charge in [0.15, 0.2) is 0 Å². The number of fused-ring (bicyclic) bond motifs is 2. The van der Waals surface area contributed by atoms with Crippen LogP contribution in [0.1, 0.15) is 29.2 Å². The van der Waals surface area contributed by atoms with Crippen LogP contribution in [0.15, 0.2) is 48.5 Å². The summed E-state index contributed by atoms with van der Waals surface area (Å²) < 4.78 is 6.15. The van der Waals surface area contributed by atoms with Gasteiger partial charge in [-0.15, -0.1) is 0 Å². The molecule has 1 aliphatic heterocycles. The fourth-order valence-corrected chi connectivity index (χ4v) is 3.54. The Kier molecular flexibility index (Phi) is 4.18. The third-order valence-electron chi connectivity index (χ3n) is 4.94. The third kappa shape index (κ3) is 3.38. The van der Waals surface area contributed by atoms with Crippen LogP contribution >= 0.6 is 0 Å². The SMILES string of the molecule is Cc1cc2cc3c(nc2cc1C)O[C@H](C)CN(Cc1ccccc1)C3. The van der Waals surface area contributed by atoms with Gasteiger partial charge >= 0.3 is 0 Å². The fraction of sp³-hybridized carbons (Fsp3) is 0.318. The number of hydrogen-bond donors (Lipinski definition) is 0. The normalized spacial score (nSPS) is 17.8. The number of aryl methyl sites for hydroxylation is 2. The van der Waals surface area contributed by atoms with Gasteiger partial charge in [0.2, 0.25) is 5.88 Å². The second-order valence-corrected chi connectivity index (χ2v) is 7.17. The van der Waals surface area contributed by atoms with Gasteiger partial charge < -0.3 is 4.74 Å². The first-order chi connectivity index (χ1) is 12.1. The Labute approximate surface area is 149 Å². The van der Waals surface area contributed by atoms with Crippen molar-refractivity contribution in [3.63, 3.8) is 0 Å². The van der Waals surface area contributed by atoms with Gasteiger partial charge in [-0.05, 0) is 55.7 Å². The monoisotopic (exact) mass is 332 g/mol. The molecular formula is C22H24N2O. The van der Waals surface area contributed by atoms with Crippen LogP contribution in [0.3, 0.4) is 0 Å². The van der Waals surface area contributed by atoms with E-state index in [-0.39, 0.29) is 6.10 Å². The van der Waals surface area contributed by atoms with E-state index in [1.54, 1.807) is 0 Å². The second kappa shape index (κ2) is 6.49. The number of aromatic nitrogens is 1. The molecule has 3 aromatic rings. The lowest BCUT2D eigenvalue weighted by Crippen LogP contribution is -2.30. The summed E-state index contributed by atoms with van der Waals surface area (Å²) >= 11 is 0. The van der Waals surface area contributed by atoms with E-state index >= 15 is 0 Å². The molecule has 0 radical (unpaired) electrons. The fourth-order valence-electron chi connectivity index (χ4n) is 3.54. The molecule has 2 aromatic carbocycles. The molecule has 2 heterocycles. The molecule has 0 spiro atoms. The van der Waals surface area contributed by atoms with E-state index in [1.165, 1.54) is 27.6 Å². The molecule has 3 nitrogen and oxygen atoms in total. The minimum atomic E-state index is 0.126. The molecule has 1 atom stereocenters. The van der Waals surface area contributed by atoms with E-state index < -0.39 is 0 Å². The molecule has 0 aliphatic carbocycles. The maximum atomic E-state index is 6.15. The number of pyridine rings is 1. The number of benzene rings is 2. The average Bonchev–Trinajstić information content (AvgIpc) is 2.72. The van der Waals surface area contributed by atoms with Crippen LogP contribution in [0.2, 0.25) is 0 Å². The highest BCUT2D eigenvalue weighted by Crippen LogP contribution is 2.29. The summed E-state index contributed by atoms with van der Waals surface area (Å²) in [6.07, 6.45) is 0.126. The van der Waals surface area contributed by atoms with Gasteiger partial charge in [-0.3, -0.25) is 4.90 Å². The predicted molar refractivity (Wildman–Crippen MR) is 102 cm³/mol. The van der Waals surface area contributed by atoms with Crippen molar-refractivity contribution in [2.75, 3.05) is 6.54 Å². The largest absolute Gasteiger partial charge is 0.473 e. The molecule has 0 bridgehead atoms. The Morgan fingerprint density at radius 2 is 1.84 bits per heavy atom. The van der Waals surface area contributed by atoms with E-state index in [9.17, 15) is 0 Å². The van der Waals surface area contributed by atoms with Crippen molar-refractivity contribution in [1.82, 2.24) is 9.88 Å². The lowest BCUT2D eigenvalue weighted by molar-refractivity contribution is 0.153. The summed E-state index contributed by atoms with van der Waals surface area (Å²) in [6.45, 7) is 9.11. The highest BCUT2D eigenvalue weighted by atomic mass is 16.5. The number of ether oxygens (including phenoxy) is 1. The molecule has 0 fully saturated rings. The van der Waals surface area contributed by atoms with Gasteiger partial charge in [-0.2, -0.15) is 0 Å². The number of hydrogen-bond acceptors (Lipinski definition) is 3. The highest BCUT2D eigenvalue weighted by molar-refractivity contribution is 5.82. The van der Waals surface area contributed by atoms with Crippen molar-refractivity contribution >= 4 is 10.9 Å². The summed E-state index contributed by atoms with van der Waals surface area (Å²) in [5.41, 5.74) is 6.10. The quantitative estimate of drug-likeness (QED) is 0.684. The minimum absolute atomic E-state index is 0.126. The molecule has 1 aliphatic rings. The second-order valence-electron chi connectivity index (χ2n) is 7.17. The Morgan fingerprint density at radius 1 is 1.08 bits per heavy atom. The van der Waals surface area contributed by atoms with E-state index in [4.69, 9.17) is 9.72 Å². The van der Waals surface area contributed by atoms with E-state index in [1.807, 2.05) is 0 Å². The number of nitrogens with zero attached hydrogens (tertiary/aromatic N) is 2. The van der Waals surface area contributed by atoms with E-state index in [0.29, 0.717) is 0 Å². The molecule has 0 N–H and O–H groups in total. The van der Waals surface area contributed by atoms with Crippen molar-refractivity contribution in [3.05, 3.63) is 70.8 Å². The zero-order chi connectivity index (χ0) is 17.4. The van der Waals surface area contributed by atoms with Crippen LogP contribution in [0.25, 0.3) is 10.9 Å². The van der Waals surface area contributed by atoms with Gasteiger partial charge in [-0.25, -0.2) is 4.98 Å². The summed E-state index contributed by atoms with van der Waals surface area (Å²) in [7, 11) is 0. The highest BCUT2D eigenvalue weighted by Gasteiger charge is 2.22. The van der Waals surface area contributed by atoms with Gasteiger partial charge in [-0.1, -0.05) is 30.3 Å². The van der Waals surface area contributed by atoms with Crippen molar-refractivity contribution < 1.29 is 4.74 Å². The van der Waals surface area contributed by atoms with Crippen molar-refractivity contribution in [3.8, 4) is 5.88 Å². The summed E-state index contributed by atoms with van der Waals surface area (Å²) in [5.74, 6) is 0.791. The molecule has 0 saturated carbocycles. The Morgan fingerprint density at radius 3 is 2.64 bits per heavy atom. The molecule has 3 heteroatoms. The van der Waals surface area contributed by atoms with Gasteiger partial charge in [0.05, 0.1) is 5.52 Å². The van der Waals surface area contributed by atoms with Crippen LogP contribution in [0, 0.1) is 13.8 Å². The van der Waals surface area contributed by atoms with Crippen molar-refractivity contribution in [1.29, 1.82) is 0 Å². The molecule has 25 heavy (non-hydrogen) atoms. The van der Waals surface area contributed by atoms with Gasteiger partial charge in [0.25, 0.3) is 0 Å². The first kappa shape index (κ1) is 16.1. The van der Waals surface area contributed by atoms with E-state index in [2.05, 4.69) is 74.2 Å². The molecule has 0 unspecified atom stereocenters. The zero-order valence-electron chi connectivity index (χ0n) is 15.1. The molecule has 0 saturated heterocycles. The first-order valence-electron chi connectivity index (χ1n) is 8.92. The summed E-state index contributed by atoms with van der Waals surface area (Å²) in [4.78, 5) is 7.27. The predicted octanol–water partition coefficient (Wildman–Crippen LogP) is 4.63. The minimum Gasteiger partial charge on any atom is -0.473 e. The van der Waals surface area contributed by atoms with Crippen LogP contribution in [-0.4, -0.2) is 22.5 Å². The van der Waals surface area contributed by atoms with Gasteiger partial charge in [0, 0.05) is 30.6 Å².